The molecule has 22 heavy (non-hydrogen) atoms. The van der Waals surface area contributed by atoms with E-state index in [1.54, 1.807) is 0 Å². The van der Waals surface area contributed by atoms with E-state index in [0.29, 0.717) is 11.6 Å². The molecule has 0 fully saturated rings. The van der Waals surface area contributed by atoms with Gasteiger partial charge in [-0.15, -0.1) is 0 Å². The molecule has 1 N–H and O–H groups in total. The lowest BCUT2D eigenvalue weighted by atomic mass is 10.1. The third-order valence-electron chi connectivity index (χ3n) is 3.50. The molecule has 0 unspecified atom stereocenters. The van der Waals surface area contributed by atoms with Gasteiger partial charge in [0.25, 0.3) is 0 Å². The number of rotatable bonds is 5. The van der Waals surface area contributed by atoms with Crippen molar-refractivity contribution in [3.05, 3.63) is 59.7 Å². The van der Waals surface area contributed by atoms with Gasteiger partial charge in [-0.05, 0) is 43.0 Å². The highest BCUT2D eigenvalue weighted by molar-refractivity contribution is 7.22. The third-order valence-corrected chi connectivity index (χ3v) is 4.44. The summed E-state index contributed by atoms with van der Waals surface area (Å²) < 4.78 is 1.11. The fraction of sp³-hybridized carbons (Fsp3) is 0.222. The zero-order valence-corrected chi connectivity index (χ0v) is 13.3. The van der Waals surface area contributed by atoms with Gasteiger partial charge in [0.1, 0.15) is 0 Å². The van der Waals surface area contributed by atoms with Gasteiger partial charge in [-0.1, -0.05) is 47.7 Å². The Morgan fingerprint density at radius 2 is 2.00 bits per heavy atom. The molecular formula is C18H18N2OS. The van der Waals surface area contributed by atoms with Crippen LogP contribution in [0.1, 0.15) is 24.0 Å². The number of anilines is 1. The number of nitrogens with one attached hydrogen (secondary N) is 1. The van der Waals surface area contributed by atoms with Crippen molar-refractivity contribution in [2.75, 3.05) is 5.32 Å². The number of amides is 1. The lowest BCUT2D eigenvalue weighted by Crippen LogP contribution is -2.11. The highest BCUT2D eigenvalue weighted by Crippen LogP contribution is 2.26. The number of hydrogen-bond acceptors (Lipinski definition) is 3. The predicted molar refractivity (Wildman–Crippen MR) is 92.4 cm³/mol. The molecule has 1 aromatic heterocycles. The van der Waals surface area contributed by atoms with Crippen molar-refractivity contribution in [1.82, 2.24) is 4.98 Å². The Labute approximate surface area is 134 Å². The number of aryl methyl sites for hydroxylation is 2. The summed E-state index contributed by atoms with van der Waals surface area (Å²) in [6.45, 7) is 2.06. The molecule has 3 aromatic rings. The van der Waals surface area contributed by atoms with Gasteiger partial charge in [-0.3, -0.25) is 4.79 Å². The van der Waals surface area contributed by atoms with Crippen LogP contribution in [0.3, 0.4) is 0 Å². The Hall–Kier alpha value is -2.20. The number of fused-ring (bicyclic) bond motifs is 1. The minimum atomic E-state index is 0.0340. The van der Waals surface area contributed by atoms with Crippen molar-refractivity contribution in [1.29, 1.82) is 0 Å². The smallest absolute Gasteiger partial charge is 0.226 e. The van der Waals surface area contributed by atoms with Gasteiger partial charge in [0.05, 0.1) is 10.2 Å². The van der Waals surface area contributed by atoms with E-state index in [1.165, 1.54) is 22.5 Å². The molecule has 0 aliphatic rings. The number of nitrogens with zero attached hydrogens (tertiary/aromatic N) is 1. The van der Waals surface area contributed by atoms with Gasteiger partial charge in [0.15, 0.2) is 5.13 Å². The Morgan fingerprint density at radius 3 is 2.82 bits per heavy atom. The average Bonchev–Trinajstić information content (AvgIpc) is 2.89. The summed E-state index contributed by atoms with van der Waals surface area (Å²) in [6.07, 6.45) is 2.29. The number of benzene rings is 2. The van der Waals surface area contributed by atoms with Crippen LogP contribution in [0.2, 0.25) is 0 Å². The van der Waals surface area contributed by atoms with Crippen LogP contribution in [0, 0.1) is 6.92 Å². The first-order valence-corrected chi connectivity index (χ1v) is 8.23. The van der Waals surface area contributed by atoms with Crippen LogP contribution in [0.25, 0.3) is 10.2 Å². The van der Waals surface area contributed by atoms with Gasteiger partial charge >= 0.3 is 0 Å². The Kier molecular flexibility index (Phi) is 4.49. The summed E-state index contributed by atoms with van der Waals surface area (Å²) in [7, 11) is 0. The molecule has 0 bridgehead atoms. The van der Waals surface area contributed by atoms with Gasteiger partial charge in [-0.2, -0.15) is 0 Å². The first-order chi connectivity index (χ1) is 10.7. The van der Waals surface area contributed by atoms with E-state index >= 15 is 0 Å². The van der Waals surface area contributed by atoms with Crippen LogP contribution in [-0.2, 0) is 11.2 Å². The molecule has 4 heteroatoms. The normalized spacial score (nSPS) is 10.8. The molecule has 0 atom stereocenters. The van der Waals surface area contributed by atoms with E-state index in [-0.39, 0.29) is 5.91 Å². The van der Waals surface area contributed by atoms with Crippen molar-refractivity contribution in [2.45, 2.75) is 26.2 Å². The number of hydrogen-bond donors (Lipinski definition) is 1. The lowest BCUT2D eigenvalue weighted by molar-refractivity contribution is -0.116. The molecule has 0 radical (unpaired) electrons. The van der Waals surface area contributed by atoms with Gasteiger partial charge in [0.2, 0.25) is 5.91 Å². The van der Waals surface area contributed by atoms with Crippen LogP contribution in [0.15, 0.2) is 48.5 Å². The molecule has 2 aromatic carbocycles. The molecule has 0 aliphatic carbocycles. The lowest BCUT2D eigenvalue weighted by Gasteiger charge is -2.02. The van der Waals surface area contributed by atoms with Crippen LogP contribution < -0.4 is 5.32 Å². The fourth-order valence-corrected chi connectivity index (χ4v) is 3.35. The molecular weight excluding hydrogens is 292 g/mol. The first kappa shape index (κ1) is 14.7. The van der Waals surface area contributed by atoms with Crippen molar-refractivity contribution in [2.24, 2.45) is 0 Å². The average molecular weight is 310 g/mol. The molecule has 0 saturated heterocycles. The van der Waals surface area contributed by atoms with Crippen LogP contribution in [0.4, 0.5) is 5.13 Å². The first-order valence-electron chi connectivity index (χ1n) is 7.42. The minimum absolute atomic E-state index is 0.0340. The maximum absolute atomic E-state index is 12.0. The van der Waals surface area contributed by atoms with Crippen molar-refractivity contribution in [3.63, 3.8) is 0 Å². The zero-order valence-electron chi connectivity index (χ0n) is 12.5. The zero-order chi connectivity index (χ0) is 15.4. The second-order valence-corrected chi connectivity index (χ2v) is 6.41. The van der Waals surface area contributed by atoms with Gasteiger partial charge in [0, 0.05) is 6.42 Å². The molecule has 0 spiro atoms. The largest absolute Gasteiger partial charge is 0.302 e. The highest BCUT2D eigenvalue weighted by Gasteiger charge is 2.08. The second-order valence-electron chi connectivity index (χ2n) is 5.38. The van der Waals surface area contributed by atoms with Gasteiger partial charge < -0.3 is 5.32 Å². The van der Waals surface area contributed by atoms with Crippen molar-refractivity contribution < 1.29 is 4.79 Å². The van der Waals surface area contributed by atoms with E-state index in [2.05, 4.69) is 35.4 Å². The number of aromatic nitrogens is 1. The number of carbonyl (C=O) groups is 1. The molecule has 3 nitrogen and oxygen atoms in total. The van der Waals surface area contributed by atoms with E-state index in [9.17, 15) is 4.79 Å². The maximum atomic E-state index is 12.0. The molecule has 112 valence electrons. The van der Waals surface area contributed by atoms with E-state index in [1.807, 2.05) is 30.3 Å². The van der Waals surface area contributed by atoms with E-state index in [0.717, 1.165) is 23.1 Å². The van der Waals surface area contributed by atoms with Crippen LogP contribution in [-0.4, -0.2) is 10.9 Å². The predicted octanol–water partition coefficient (Wildman–Crippen LogP) is 4.57. The molecule has 3 rings (SSSR count). The summed E-state index contributed by atoms with van der Waals surface area (Å²) >= 11 is 1.53. The topological polar surface area (TPSA) is 42.0 Å². The number of carbonyl (C=O) groups excluding carboxylic acids is 1. The van der Waals surface area contributed by atoms with E-state index < -0.39 is 0 Å². The Morgan fingerprint density at radius 1 is 1.18 bits per heavy atom. The van der Waals surface area contributed by atoms with Crippen molar-refractivity contribution >= 4 is 32.6 Å². The second kappa shape index (κ2) is 6.71. The fourth-order valence-electron chi connectivity index (χ4n) is 2.36. The van der Waals surface area contributed by atoms with Crippen LogP contribution >= 0.6 is 11.3 Å². The summed E-state index contributed by atoms with van der Waals surface area (Å²) in [5, 5.41) is 3.59. The Balaban J connectivity index is 1.54. The van der Waals surface area contributed by atoms with Gasteiger partial charge in [-0.25, -0.2) is 4.98 Å². The monoisotopic (exact) mass is 310 g/mol. The summed E-state index contributed by atoms with van der Waals surface area (Å²) in [5.41, 5.74) is 3.41. The van der Waals surface area contributed by atoms with Crippen molar-refractivity contribution in [3.8, 4) is 0 Å². The minimum Gasteiger partial charge on any atom is -0.302 e. The molecule has 0 aliphatic heterocycles. The standard InChI is InChI=1S/C18H18N2OS/c1-13-10-11-15-16(12-13)22-18(19-15)20-17(21)9-5-8-14-6-3-2-4-7-14/h2-4,6-7,10-12H,5,8-9H2,1H3,(H,19,20,21). The number of thiazole rings is 1. The molecule has 0 saturated carbocycles. The van der Waals surface area contributed by atoms with Crippen LogP contribution in [0.5, 0.6) is 0 Å². The summed E-state index contributed by atoms with van der Waals surface area (Å²) in [5.74, 6) is 0.0340. The Bertz CT molecular complexity index is 780. The quantitative estimate of drug-likeness (QED) is 0.750. The summed E-state index contributed by atoms with van der Waals surface area (Å²) in [6, 6.07) is 16.4. The highest BCUT2D eigenvalue weighted by atomic mass is 32.1. The van der Waals surface area contributed by atoms with E-state index in [4.69, 9.17) is 0 Å². The molecule has 1 amide bonds. The SMILES string of the molecule is Cc1ccc2nc(NC(=O)CCCc3ccccc3)sc2c1. The third kappa shape index (κ3) is 3.71. The summed E-state index contributed by atoms with van der Waals surface area (Å²) in [4.78, 5) is 16.4. The maximum Gasteiger partial charge on any atom is 0.226 e. The molecule has 1 heterocycles.